The first-order valence-corrected chi connectivity index (χ1v) is 11.1. The van der Waals surface area contributed by atoms with E-state index in [9.17, 15) is 13.2 Å². The lowest BCUT2D eigenvalue weighted by atomic mass is 9.99. The Morgan fingerprint density at radius 3 is 2.59 bits per heavy atom. The maximum Gasteiger partial charge on any atom is 0.490 e. The third-order valence-electron chi connectivity index (χ3n) is 6.10. The van der Waals surface area contributed by atoms with Gasteiger partial charge in [0.2, 0.25) is 0 Å². The Bertz CT molecular complexity index is 701. The van der Waals surface area contributed by atoms with E-state index < -0.39 is 12.1 Å². The van der Waals surface area contributed by atoms with Crippen molar-refractivity contribution in [3.05, 3.63) is 30.1 Å². The van der Waals surface area contributed by atoms with E-state index in [1.54, 1.807) is 0 Å². The number of hydrogen-bond acceptors (Lipinski definition) is 6. The first kappa shape index (κ1) is 24.9. The molecule has 10 heteroatoms. The smallest absolute Gasteiger partial charge is 0.475 e. The van der Waals surface area contributed by atoms with Gasteiger partial charge in [0.15, 0.2) is 0 Å². The summed E-state index contributed by atoms with van der Waals surface area (Å²) in [5, 5.41) is 7.12. The number of aliphatic carboxylic acids is 1. The number of nitrogens with zero attached hydrogens (tertiary/aromatic N) is 2. The topological polar surface area (TPSA) is 81.1 Å². The maximum absolute atomic E-state index is 10.6. The van der Waals surface area contributed by atoms with Crippen molar-refractivity contribution in [2.75, 3.05) is 33.0 Å². The molecule has 32 heavy (non-hydrogen) atoms. The van der Waals surface area contributed by atoms with Gasteiger partial charge >= 0.3 is 12.1 Å². The summed E-state index contributed by atoms with van der Waals surface area (Å²) < 4.78 is 49.5. The Labute approximate surface area is 185 Å². The van der Waals surface area contributed by atoms with E-state index in [1.165, 1.54) is 12.0 Å². The van der Waals surface area contributed by atoms with Gasteiger partial charge in [-0.2, -0.15) is 13.2 Å². The summed E-state index contributed by atoms with van der Waals surface area (Å²) in [6.07, 6.45) is 5.13. The van der Waals surface area contributed by atoms with Gasteiger partial charge in [-0.25, -0.2) is 4.79 Å². The molecule has 0 amide bonds. The quantitative estimate of drug-likeness (QED) is 0.698. The molecule has 4 heterocycles. The number of alkyl halides is 3. The van der Waals surface area contributed by atoms with Crippen LogP contribution in [0.2, 0.25) is 0 Å². The molecule has 0 bridgehead atoms. The van der Waals surface area contributed by atoms with Crippen LogP contribution in [0.4, 0.5) is 13.2 Å². The average molecular weight is 460 g/mol. The van der Waals surface area contributed by atoms with Crippen LogP contribution in [-0.2, 0) is 25.5 Å². The molecule has 3 fully saturated rings. The highest BCUT2D eigenvalue weighted by molar-refractivity contribution is 5.73. The van der Waals surface area contributed by atoms with Crippen molar-refractivity contribution >= 4 is 5.97 Å². The van der Waals surface area contributed by atoms with Crippen LogP contribution in [-0.4, -0.2) is 78.4 Å². The van der Waals surface area contributed by atoms with Crippen molar-refractivity contribution in [3.63, 3.8) is 0 Å². The minimum atomic E-state index is -5.08. The van der Waals surface area contributed by atoms with Crippen molar-refractivity contribution < 1.29 is 37.3 Å². The van der Waals surface area contributed by atoms with Gasteiger partial charge in [-0.1, -0.05) is 6.07 Å². The minimum Gasteiger partial charge on any atom is -0.475 e. The lowest BCUT2D eigenvalue weighted by Crippen LogP contribution is -2.43. The molecule has 3 atom stereocenters. The summed E-state index contributed by atoms with van der Waals surface area (Å²) in [6.45, 7) is 5.52. The normalized spacial score (nSPS) is 26.8. The molecule has 0 aromatic carbocycles. The Kier molecular flexibility index (Phi) is 9.27. The van der Waals surface area contributed by atoms with Gasteiger partial charge < -0.3 is 19.3 Å². The van der Waals surface area contributed by atoms with Gasteiger partial charge in [0.25, 0.3) is 0 Å². The monoisotopic (exact) mass is 460 g/mol. The molecular weight excluding hydrogens is 429 g/mol. The number of hydrogen-bond donors (Lipinski definition) is 1. The molecule has 0 unspecified atom stereocenters. The molecule has 1 aromatic rings. The molecule has 7 nitrogen and oxygen atoms in total. The second-order valence-electron chi connectivity index (χ2n) is 8.46. The average Bonchev–Trinajstić information content (AvgIpc) is 3.17. The Morgan fingerprint density at radius 2 is 1.94 bits per heavy atom. The molecular formula is C22H31F3N2O5. The summed E-state index contributed by atoms with van der Waals surface area (Å²) in [4.78, 5) is 15.7. The summed E-state index contributed by atoms with van der Waals surface area (Å²) >= 11 is 0. The predicted molar refractivity (Wildman–Crippen MR) is 109 cm³/mol. The van der Waals surface area contributed by atoms with Crippen LogP contribution in [0.15, 0.2) is 24.5 Å². The predicted octanol–water partition coefficient (Wildman–Crippen LogP) is 3.28. The summed E-state index contributed by atoms with van der Waals surface area (Å²) in [6, 6.07) is 4.75. The minimum absolute atomic E-state index is 0.277. The molecule has 3 saturated heterocycles. The van der Waals surface area contributed by atoms with E-state index in [2.05, 4.69) is 16.0 Å². The van der Waals surface area contributed by atoms with Gasteiger partial charge in [-0.05, 0) is 49.7 Å². The van der Waals surface area contributed by atoms with Crippen molar-refractivity contribution in [1.29, 1.82) is 0 Å². The van der Waals surface area contributed by atoms with Crippen LogP contribution in [0.5, 0.6) is 0 Å². The maximum atomic E-state index is 10.6. The number of pyridine rings is 1. The van der Waals surface area contributed by atoms with Crippen LogP contribution in [0, 0.1) is 5.92 Å². The van der Waals surface area contributed by atoms with E-state index in [0.29, 0.717) is 18.1 Å². The molecule has 0 saturated carbocycles. The number of ether oxygens (including phenoxy) is 3. The first-order valence-electron chi connectivity index (χ1n) is 11.1. The first-order chi connectivity index (χ1) is 15.3. The van der Waals surface area contributed by atoms with E-state index in [1.807, 2.05) is 18.5 Å². The number of carboxylic acid groups (broad SMARTS) is 1. The van der Waals surface area contributed by atoms with E-state index in [-0.39, 0.29) is 6.10 Å². The fourth-order valence-corrected chi connectivity index (χ4v) is 4.41. The molecule has 0 aliphatic carbocycles. The van der Waals surface area contributed by atoms with Crippen LogP contribution in [0.25, 0.3) is 0 Å². The standard InChI is InChI=1S/C20H30N2O3.C2HF3O2/c1-2-17(12-21-8-1)13-22-9-5-20-19(22)4-3-18(25-20)15-24-14-16-6-10-23-11-7-16;3-2(4,5)1(6)7/h1-2,8,12,16,18-20H,3-7,9-11,13-15H2;(H,6,7)/t18-,19+,20+;/m1./s1. The van der Waals surface area contributed by atoms with Gasteiger partial charge in [0.1, 0.15) is 0 Å². The number of rotatable bonds is 6. The van der Waals surface area contributed by atoms with Gasteiger partial charge in [-0.3, -0.25) is 9.88 Å². The zero-order chi connectivity index (χ0) is 23.0. The van der Waals surface area contributed by atoms with Crippen molar-refractivity contribution in [2.24, 2.45) is 5.92 Å². The van der Waals surface area contributed by atoms with Crippen LogP contribution >= 0.6 is 0 Å². The van der Waals surface area contributed by atoms with E-state index in [4.69, 9.17) is 24.1 Å². The fourth-order valence-electron chi connectivity index (χ4n) is 4.41. The third-order valence-corrected chi connectivity index (χ3v) is 6.10. The number of likely N-dealkylation sites (tertiary alicyclic amines) is 1. The summed E-state index contributed by atoms with van der Waals surface area (Å²) in [5.41, 5.74) is 1.30. The highest BCUT2D eigenvalue weighted by Crippen LogP contribution is 2.32. The Balaban J connectivity index is 0.000000360. The van der Waals surface area contributed by atoms with Crippen LogP contribution in [0.3, 0.4) is 0 Å². The lowest BCUT2D eigenvalue weighted by Gasteiger charge is -2.36. The van der Waals surface area contributed by atoms with Crippen molar-refractivity contribution in [1.82, 2.24) is 9.88 Å². The highest BCUT2D eigenvalue weighted by atomic mass is 19.4. The van der Waals surface area contributed by atoms with Crippen molar-refractivity contribution in [3.8, 4) is 0 Å². The van der Waals surface area contributed by atoms with Gasteiger partial charge in [0, 0.05) is 51.3 Å². The highest BCUT2D eigenvalue weighted by Gasteiger charge is 2.40. The molecule has 3 aliphatic heterocycles. The zero-order valence-electron chi connectivity index (χ0n) is 18.0. The second-order valence-corrected chi connectivity index (χ2v) is 8.46. The van der Waals surface area contributed by atoms with Crippen molar-refractivity contribution in [2.45, 2.75) is 63.1 Å². The Morgan fingerprint density at radius 1 is 1.19 bits per heavy atom. The number of carbonyl (C=O) groups is 1. The molecule has 0 spiro atoms. The number of halogens is 3. The molecule has 1 aromatic heterocycles. The molecule has 4 rings (SSSR count). The third kappa shape index (κ3) is 7.68. The van der Waals surface area contributed by atoms with Crippen LogP contribution in [0.1, 0.15) is 37.7 Å². The summed E-state index contributed by atoms with van der Waals surface area (Å²) in [7, 11) is 0. The number of fused-ring (bicyclic) bond motifs is 1. The Hall–Kier alpha value is -1.75. The molecule has 180 valence electrons. The van der Waals surface area contributed by atoms with E-state index in [0.717, 1.165) is 65.2 Å². The van der Waals surface area contributed by atoms with Gasteiger partial charge in [0.05, 0.1) is 18.8 Å². The SMILES string of the molecule is O=C(O)C(F)(F)F.c1cncc(CN2CC[C@@H]3O[C@@H](COCC4CCOCC4)CC[C@@H]32)c1. The molecule has 1 N–H and O–H groups in total. The molecule has 0 radical (unpaired) electrons. The van der Waals surface area contributed by atoms with E-state index >= 15 is 0 Å². The van der Waals surface area contributed by atoms with Crippen LogP contribution < -0.4 is 0 Å². The lowest BCUT2D eigenvalue weighted by molar-refractivity contribution is -0.192. The largest absolute Gasteiger partial charge is 0.490 e. The zero-order valence-corrected chi connectivity index (χ0v) is 18.0. The van der Waals surface area contributed by atoms with Gasteiger partial charge in [-0.15, -0.1) is 0 Å². The molecule has 3 aliphatic rings. The fraction of sp³-hybridized carbons (Fsp3) is 0.727. The summed E-state index contributed by atoms with van der Waals surface area (Å²) in [5.74, 6) is -2.08. The number of aromatic nitrogens is 1. The second kappa shape index (κ2) is 11.9. The number of carboxylic acids is 1.